The van der Waals surface area contributed by atoms with Gasteiger partial charge in [0.05, 0.1) is 0 Å². The van der Waals surface area contributed by atoms with E-state index in [0.717, 1.165) is 37.4 Å². The molecule has 1 saturated heterocycles. The van der Waals surface area contributed by atoms with Crippen LogP contribution in [0.5, 0.6) is 0 Å². The van der Waals surface area contributed by atoms with E-state index in [1.54, 1.807) is 12.5 Å². The Morgan fingerprint density at radius 2 is 2.10 bits per heavy atom. The molecule has 110 valence electrons. The Kier molecular flexibility index (Phi) is 4.10. The maximum absolute atomic E-state index is 12.9. The van der Waals surface area contributed by atoms with Gasteiger partial charge in [0, 0.05) is 38.9 Å². The molecule has 0 spiro atoms. The third kappa shape index (κ3) is 3.36. The molecule has 0 bridgehead atoms. The highest BCUT2D eigenvalue weighted by atomic mass is 19.1. The van der Waals surface area contributed by atoms with Crippen molar-refractivity contribution >= 4 is 5.82 Å². The molecule has 1 aliphatic heterocycles. The van der Waals surface area contributed by atoms with E-state index < -0.39 is 0 Å². The molecule has 1 aromatic heterocycles. The van der Waals surface area contributed by atoms with Crippen molar-refractivity contribution in [3.8, 4) is 0 Å². The molecule has 4 nitrogen and oxygen atoms in total. The highest BCUT2D eigenvalue weighted by Crippen LogP contribution is 2.20. The van der Waals surface area contributed by atoms with Crippen LogP contribution in [0.25, 0.3) is 0 Å². The summed E-state index contributed by atoms with van der Waals surface area (Å²) in [6.07, 6.45) is 4.46. The van der Waals surface area contributed by atoms with E-state index in [4.69, 9.17) is 0 Å². The normalized spacial score (nSPS) is 18.9. The SMILES string of the molecule is CN(c1ccncn1)C1CCN(Cc2ccc(F)cc2)C1. The zero-order chi connectivity index (χ0) is 14.7. The first-order valence-electron chi connectivity index (χ1n) is 7.18. The number of likely N-dealkylation sites (tertiary alicyclic amines) is 1. The van der Waals surface area contributed by atoms with Crippen LogP contribution in [-0.4, -0.2) is 41.0 Å². The van der Waals surface area contributed by atoms with Crippen LogP contribution in [0.4, 0.5) is 10.2 Å². The molecule has 1 aliphatic rings. The van der Waals surface area contributed by atoms with Gasteiger partial charge in [0.2, 0.25) is 0 Å². The summed E-state index contributed by atoms with van der Waals surface area (Å²) < 4.78 is 12.9. The number of likely N-dealkylation sites (N-methyl/N-ethyl adjacent to an activating group) is 1. The van der Waals surface area contributed by atoms with Crippen molar-refractivity contribution in [1.82, 2.24) is 14.9 Å². The van der Waals surface area contributed by atoms with Crippen molar-refractivity contribution in [2.75, 3.05) is 25.0 Å². The first kappa shape index (κ1) is 13.9. The minimum atomic E-state index is -0.179. The van der Waals surface area contributed by atoms with Gasteiger partial charge >= 0.3 is 0 Å². The fourth-order valence-electron chi connectivity index (χ4n) is 2.80. The van der Waals surface area contributed by atoms with E-state index in [9.17, 15) is 4.39 Å². The molecule has 1 unspecified atom stereocenters. The lowest BCUT2D eigenvalue weighted by atomic mass is 10.2. The fourth-order valence-corrected chi connectivity index (χ4v) is 2.80. The highest BCUT2D eigenvalue weighted by molar-refractivity contribution is 5.37. The van der Waals surface area contributed by atoms with Crippen LogP contribution in [0.1, 0.15) is 12.0 Å². The minimum absolute atomic E-state index is 0.179. The Morgan fingerprint density at radius 3 is 2.81 bits per heavy atom. The van der Waals surface area contributed by atoms with Gasteiger partial charge in [-0.15, -0.1) is 0 Å². The van der Waals surface area contributed by atoms with E-state index in [1.807, 2.05) is 18.2 Å². The number of anilines is 1. The highest BCUT2D eigenvalue weighted by Gasteiger charge is 2.26. The number of halogens is 1. The van der Waals surface area contributed by atoms with Crippen molar-refractivity contribution < 1.29 is 4.39 Å². The molecule has 1 fully saturated rings. The molecule has 3 rings (SSSR count). The van der Waals surface area contributed by atoms with Gasteiger partial charge in [0.15, 0.2) is 0 Å². The van der Waals surface area contributed by atoms with E-state index in [-0.39, 0.29) is 5.82 Å². The summed E-state index contributed by atoms with van der Waals surface area (Å²) in [6, 6.07) is 9.16. The van der Waals surface area contributed by atoms with Gasteiger partial charge in [-0.05, 0) is 30.2 Å². The summed E-state index contributed by atoms with van der Waals surface area (Å²) >= 11 is 0. The molecule has 0 radical (unpaired) electrons. The number of rotatable bonds is 4. The smallest absolute Gasteiger partial charge is 0.131 e. The zero-order valence-electron chi connectivity index (χ0n) is 12.1. The summed E-state index contributed by atoms with van der Waals surface area (Å²) in [5, 5.41) is 0. The summed E-state index contributed by atoms with van der Waals surface area (Å²) in [5.74, 6) is 0.778. The average Bonchev–Trinajstić information content (AvgIpc) is 2.98. The second kappa shape index (κ2) is 6.18. The number of benzene rings is 1. The molecule has 1 atom stereocenters. The largest absolute Gasteiger partial charge is 0.355 e. The van der Waals surface area contributed by atoms with Gasteiger partial charge in [0.1, 0.15) is 18.0 Å². The van der Waals surface area contributed by atoms with E-state index in [1.165, 1.54) is 12.1 Å². The van der Waals surface area contributed by atoms with Crippen molar-refractivity contribution in [3.63, 3.8) is 0 Å². The number of nitrogens with zero attached hydrogens (tertiary/aromatic N) is 4. The quantitative estimate of drug-likeness (QED) is 0.863. The van der Waals surface area contributed by atoms with E-state index in [2.05, 4.69) is 26.8 Å². The molecule has 0 saturated carbocycles. The van der Waals surface area contributed by atoms with Gasteiger partial charge in [-0.25, -0.2) is 14.4 Å². The molecule has 2 heterocycles. The molecule has 0 aliphatic carbocycles. The van der Waals surface area contributed by atoms with E-state index >= 15 is 0 Å². The molecular formula is C16H19FN4. The molecule has 21 heavy (non-hydrogen) atoms. The van der Waals surface area contributed by atoms with E-state index in [0.29, 0.717) is 6.04 Å². The van der Waals surface area contributed by atoms with Crippen LogP contribution in [0.3, 0.4) is 0 Å². The Labute approximate surface area is 124 Å². The lowest BCUT2D eigenvalue weighted by Gasteiger charge is -2.25. The Bertz CT molecular complexity index is 573. The van der Waals surface area contributed by atoms with Crippen molar-refractivity contribution in [2.24, 2.45) is 0 Å². The topological polar surface area (TPSA) is 32.3 Å². The molecule has 5 heteroatoms. The second-order valence-corrected chi connectivity index (χ2v) is 5.48. The number of aromatic nitrogens is 2. The van der Waals surface area contributed by atoms with Crippen molar-refractivity contribution in [3.05, 3.63) is 54.2 Å². The monoisotopic (exact) mass is 286 g/mol. The summed E-state index contributed by atoms with van der Waals surface area (Å²) in [6.45, 7) is 2.92. The van der Waals surface area contributed by atoms with Crippen molar-refractivity contribution in [1.29, 1.82) is 0 Å². The first-order chi connectivity index (χ1) is 10.2. The van der Waals surface area contributed by atoms with Gasteiger partial charge in [-0.3, -0.25) is 4.90 Å². The molecule has 2 aromatic rings. The lowest BCUT2D eigenvalue weighted by molar-refractivity contribution is 0.325. The number of hydrogen-bond donors (Lipinski definition) is 0. The lowest BCUT2D eigenvalue weighted by Crippen LogP contribution is -2.34. The first-order valence-corrected chi connectivity index (χ1v) is 7.18. The number of hydrogen-bond acceptors (Lipinski definition) is 4. The Balaban J connectivity index is 1.59. The predicted octanol–water partition coefficient (Wildman–Crippen LogP) is 2.33. The third-order valence-electron chi connectivity index (χ3n) is 4.04. The van der Waals surface area contributed by atoms with Gasteiger partial charge in [-0.1, -0.05) is 12.1 Å². The maximum atomic E-state index is 12.9. The minimum Gasteiger partial charge on any atom is -0.355 e. The van der Waals surface area contributed by atoms with Crippen molar-refractivity contribution in [2.45, 2.75) is 19.0 Å². The Hall–Kier alpha value is -2.01. The van der Waals surface area contributed by atoms with Crippen LogP contribution in [0.15, 0.2) is 42.9 Å². The van der Waals surface area contributed by atoms with Gasteiger partial charge in [-0.2, -0.15) is 0 Å². The van der Waals surface area contributed by atoms with Crippen LogP contribution in [-0.2, 0) is 6.54 Å². The van der Waals surface area contributed by atoms with Crippen LogP contribution in [0, 0.1) is 5.82 Å². The molecule has 1 aromatic carbocycles. The standard InChI is InChI=1S/C16H19FN4/c1-20(16-6-8-18-12-19-16)15-7-9-21(11-15)10-13-2-4-14(17)5-3-13/h2-6,8,12,15H,7,9-11H2,1H3. The zero-order valence-corrected chi connectivity index (χ0v) is 12.1. The van der Waals surface area contributed by atoms with Crippen LogP contribution in [0.2, 0.25) is 0 Å². The fraction of sp³-hybridized carbons (Fsp3) is 0.375. The molecule has 0 N–H and O–H groups in total. The summed E-state index contributed by atoms with van der Waals surface area (Å²) in [7, 11) is 2.08. The Morgan fingerprint density at radius 1 is 1.29 bits per heavy atom. The molecule has 0 amide bonds. The summed E-state index contributed by atoms with van der Waals surface area (Å²) in [4.78, 5) is 12.9. The average molecular weight is 286 g/mol. The third-order valence-corrected chi connectivity index (χ3v) is 4.04. The van der Waals surface area contributed by atoms with Gasteiger partial charge in [0.25, 0.3) is 0 Å². The van der Waals surface area contributed by atoms with Crippen LogP contribution >= 0.6 is 0 Å². The summed E-state index contributed by atoms with van der Waals surface area (Å²) in [5.41, 5.74) is 1.15. The maximum Gasteiger partial charge on any atom is 0.131 e. The van der Waals surface area contributed by atoms with Crippen LogP contribution < -0.4 is 4.90 Å². The van der Waals surface area contributed by atoms with Gasteiger partial charge < -0.3 is 4.90 Å². The second-order valence-electron chi connectivity index (χ2n) is 5.48. The predicted molar refractivity (Wildman–Crippen MR) is 80.5 cm³/mol. The molecular weight excluding hydrogens is 267 g/mol.